The minimum absolute atomic E-state index is 0.141. The number of nitrogens with two attached hydrogens (primary N) is 1. The molecule has 0 bridgehead atoms. The number of aromatic nitrogens is 2. The summed E-state index contributed by atoms with van der Waals surface area (Å²) in [4.78, 5) is 18.8. The van der Waals surface area contributed by atoms with Gasteiger partial charge in [-0.1, -0.05) is 17.7 Å². The Morgan fingerprint density at radius 2 is 2.31 bits per heavy atom. The van der Waals surface area contributed by atoms with E-state index in [4.69, 9.17) is 17.3 Å². The van der Waals surface area contributed by atoms with Crippen LogP contribution >= 0.6 is 11.6 Å². The van der Waals surface area contributed by atoms with E-state index in [0.717, 1.165) is 0 Å². The number of halogens is 1. The van der Waals surface area contributed by atoms with E-state index in [1.54, 1.807) is 30.6 Å². The van der Waals surface area contributed by atoms with Crippen LogP contribution in [0.2, 0.25) is 5.02 Å². The van der Waals surface area contributed by atoms with Crippen LogP contribution in [0, 0.1) is 0 Å². The van der Waals surface area contributed by atoms with Crippen LogP contribution in [0.3, 0.4) is 0 Å². The zero-order valence-corrected chi connectivity index (χ0v) is 9.16. The first kappa shape index (κ1) is 10.7. The van der Waals surface area contributed by atoms with Gasteiger partial charge in [0.25, 0.3) is 0 Å². The van der Waals surface area contributed by atoms with Crippen molar-refractivity contribution in [1.82, 2.24) is 9.97 Å². The number of nitrogens with one attached hydrogen (secondary N) is 1. The number of H-pyrrole nitrogens is 1. The number of nitrogens with zero attached hydrogens (tertiary/aromatic N) is 1. The predicted octanol–water partition coefficient (Wildman–Crippen LogP) is 2.07. The van der Waals surface area contributed by atoms with Gasteiger partial charge < -0.3 is 10.7 Å². The molecule has 1 aromatic carbocycles. The van der Waals surface area contributed by atoms with Crippen molar-refractivity contribution in [3.05, 3.63) is 47.0 Å². The van der Waals surface area contributed by atoms with Gasteiger partial charge in [0.05, 0.1) is 17.0 Å². The van der Waals surface area contributed by atoms with Gasteiger partial charge in [0, 0.05) is 18.1 Å². The molecule has 0 radical (unpaired) electrons. The molecule has 0 aliphatic carbocycles. The summed E-state index contributed by atoms with van der Waals surface area (Å²) in [6.07, 6.45) is 3.43. The molecule has 0 saturated carbocycles. The van der Waals surface area contributed by atoms with E-state index >= 15 is 0 Å². The molecule has 0 aliphatic heterocycles. The lowest BCUT2D eigenvalue weighted by molar-refractivity contribution is 0.0992. The first-order valence-electron chi connectivity index (χ1n) is 4.74. The molecular weight excluding hydrogens is 226 g/mol. The van der Waals surface area contributed by atoms with Crippen LogP contribution in [-0.2, 0) is 6.42 Å². The van der Waals surface area contributed by atoms with Crippen molar-refractivity contribution in [2.24, 2.45) is 0 Å². The third-order valence-corrected chi connectivity index (χ3v) is 2.52. The van der Waals surface area contributed by atoms with Gasteiger partial charge in [-0.2, -0.15) is 0 Å². The van der Waals surface area contributed by atoms with Gasteiger partial charge in [-0.3, -0.25) is 4.79 Å². The van der Waals surface area contributed by atoms with Crippen molar-refractivity contribution in [3.8, 4) is 0 Å². The summed E-state index contributed by atoms with van der Waals surface area (Å²) < 4.78 is 0. The molecule has 0 fully saturated rings. The van der Waals surface area contributed by atoms with Gasteiger partial charge in [0.15, 0.2) is 5.78 Å². The second-order valence-corrected chi connectivity index (χ2v) is 3.75. The predicted molar refractivity (Wildman–Crippen MR) is 62.5 cm³/mol. The minimum atomic E-state index is -0.141. The summed E-state index contributed by atoms with van der Waals surface area (Å²) in [5.74, 6) is 0.461. The standard InChI is InChI=1S/C11H10ClN3O/c12-7-2-1-3-8(13)11(7)9(16)6-10-14-4-5-15-10/h1-5H,6,13H2,(H,14,15). The number of carbonyl (C=O) groups is 1. The first-order chi connectivity index (χ1) is 7.68. The Balaban J connectivity index is 2.28. The largest absolute Gasteiger partial charge is 0.398 e. The molecule has 3 N–H and O–H groups in total. The van der Waals surface area contributed by atoms with Crippen LogP contribution in [0.25, 0.3) is 0 Å². The van der Waals surface area contributed by atoms with Gasteiger partial charge in [-0.25, -0.2) is 4.98 Å². The fraction of sp³-hybridized carbons (Fsp3) is 0.0909. The van der Waals surface area contributed by atoms with E-state index < -0.39 is 0 Å². The van der Waals surface area contributed by atoms with E-state index in [1.165, 1.54) is 0 Å². The van der Waals surface area contributed by atoms with E-state index in [9.17, 15) is 4.79 Å². The molecule has 1 aromatic heterocycles. The number of imidazole rings is 1. The maximum atomic E-state index is 11.9. The minimum Gasteiger partial charge on any atom is -0.398 e. The lowest BCUT2D eigenvalue weighted by atomic mass is 10.1. The summed E-state index contributed by atoms with van der Waals surface area (Å²) in [5.41, 5.74) is 6.47. The molecule has 82 valence electrons. The number of carbonyl (C=O) groups excluding carboxylic acids is 1. The van der Waals surface area contributed by atoms with Gasteiger partial charge in [0.2, 0.25) is 0 Å². The van der Waals surface area contributed by atoms with Gasteiger partial charge in [-0.05, 0) is 12.1 Å². The lowest BCUT2D eigenvalue weighted by Gasteiger charge is -2.05. The van der Waals surface area contributed by atoms with Crippen molar-refractivity contribution in [2.45, 2.75) is 6.42 Å². The quantitative estimate of drug-likeness (QED) is 0.632. The molecule has 5 heteroatoms. The van der Waals surface area contributed by atoms with Crippen LogP contribution in [-0.4, -0.2) is 15.8 Å². The monoisotopic (exact) mass is 235 g/mol. The number of ketones is 1. The average molecular weight is 236 g/mol. The van der Waals surface area contributed by atoms with Crippen LogP contribution < -0.4 is 5.73 Å². The molecule has 16 heavy (non-hydrogen) atoms. The summed E-state index contributed by atoms with van der Waals surface area (Å²) >= 11 is 5.93. The van der Waals surface area contributed by atoms with Crippen LogP contribution in [0.5, 0.6) is 0 Å². The number of aromatic amines is 1. The highest BCUT2D eigenvalue weighted by molar-refractivity contribution is 6.34. The molecule has 2 rings (SSSR count). The SMILES string of the molecule is Nc1cccc(Cl)c1C(=O)Cc1ncc[nH]1. The van der Waals surface area contributed by atoms with Gasteiger partial charge in [0.1, 0.15) is 5.82 Å². The third-order valence-electron chi connectivity index (χ3n) is 2.21. The van der Waals surface area contributed by atoms with Crippen LogP contribution in [0.1, 0.15) is 16.2 Å². The molecule has 4 nitrogen and oxygen atoms in total. The highest BCUT2D eigenvalue weighted by Crippen LogP contribution is 2.23. The number of Topliss-reactive ketones (excluding diaryl/α,β-unsaturated/α-hetero) is 1. The molecule has 0 saturated heterocycles. The van der Waals surface area contributed by atoms with E-state index in [2.05, 4.69) is 9.97 Å². The topological polar surface area (TPSA) is 71.8 Å². The second kappa shape index (κ2) is 4.37. The van der Waals surface area contributed by atoms with Gasteiger partial charge >= 0.3 is 0 Å². The van der Waals surface area contributed by atoms with Crippen LogP contribution in [0.15, 0.2) is 30.6 Å². The Bertz CT molecular complexity index is 488. The first-order valence-corrected chi connectivity index (χ1v) is 5.11. The lowest BCUT2D eigenvalue weighted by Crippen LogP contribution is -2.08. The number of nitrogen functional groups attached to an aromatic ring is 1. The Morgan fingerprint density at radius 1 is 1.50 bits per heavy atom. The third kappa shape index (κ3) is 2.06. The molecule has 0 spiro atoms. The highest BCUT2D eigenvalue weighted by Gasteiger charge is 2.15. The van der Waals surface area contributed by atoms with E-state index in [0.29, 0.717) is 22.1 Å². The molecule has 1 heterocycles. The highest BCUT2D eigenvalue weighted by atomic mass is 35.5. The number of rotatable bonds is 3. The number of anilines is 1. The number of hydrogen-bond donors (Lipinski definition) is 2. The molecule has 0 aliphatic rings. The Labute approximate surface area is 97.5 Å². The Morgan fingerprint density at radius 3 is 2.94 bits per heavy atom. The van der Waals surface area contributed by atoms with Crippen LogP contribution in [0.4, 0.5) is 5.69 Å². The molecule has 2 aromatic rings. The summed E-state index contributed by atoms with van der Waals surface area (Å²) in [5, 5.41) is 0.372. The molecule has 0 atom stereocenters. The van der Waals surface area contributed by atoms with Crippen molar-refractivity contribution >= 4 is 23.1 Å². The van der Waals surface area contributed by atoms with Gasteiger partial charge in [-0.15, -0.1) is 0 Å². The van der Waals surface area contributed by atoms with Crippen molar-refractivity contribution in [1.29, 1.82) is 0 Å². The average Bonchev–Trinajstić information content (AvgIpc) is 2.70. The Kier molecular flexibility index (Phi) is 2.92. The summed E-state index contributed by atoms with van der Waals surface area (Å²) in [7, 11) is 0. The van der Waals surface area contributed by atoms with Crippen molar-refractivity contribution in [3.63, 3.8) is 0 Å². The van der Waals surface area contributed by atoms with Crippen molar-refractivity contribution < 1.29 is 4.79 Å². The number of benzene rings is 1. The zero-order valence-electron chi connectivity index (χ0n) is 8.40. The zero-order chi connectivity index (χ0) is 11.5. The fourth-order valence-corrected chi connectivity index (χ4v) is 1.76. The second-order valence-electron chi connectivity index (χ2n) is 3.34. The fourth-order valence-electron chi connectivity index (χ4n) is 1.47. The molecule has 0 unspecified atom stereocenters. The maximum absolute atomic E-state index is 11.9. The maximum Gasteiger partial charge on any atom is 0.173 e. The Hall–Kier alpha value is -1.81. The summed E-state index contributed by atoms with van der Waals surface area (Å²) in [6, 6.07) is 5.01. The van der Waals surface area contributed by atoms with Crippen molar-refractivity contribution in [2.75, 3.05) is 5.73 Å². The number of hydrogen-bond acceptors (Lipinski definition) is 3. The smallest absolute Gasteiger partial charge is 0.173 e. The molecule has 0 amide bonds. The molecular formula is C11H10ClN3O. The summed E-state index contributed by atoms with van der Waals surface area (Å²) in [6.45, 7) is 0. The van der Waals surface area contributed by atoms with E-state index in [1.807, 2.05) is 0 Å². The van der Waals surface area contributed by atoms with E-state index in [-0.39, 0.29) is 12.2 Å². The normalized spacial score (nSPS) is 10.3.